The molecule has 0 aliphatic heterocycles. The van der Waals surface area contributed by atoms with Crippen LogP contribution in [-0.4, -0.2) is 9.13 Å². The molecule has 15 nitrogen and oxygen atoms in total. The Morgan fingerprint density at radius 2 is 0.500 bits per heavy atom. The summed E-state index contributed by atoms with van der Waals surface area (Å²) in [5, 5.41) is 137. The van der Waals surface area contributed by atoms with Crippen LogP contribution in [0.4, 0.5) is 26.3 Å². The van der Waals surface area contributed by atoms with Crippen molar-refractivity contribution in [3.8, 4) is 157 Å². The lowest BCUT2D eigenvalue weighted by atomic mass is 9.89. The first kappa shape index (κ1) is 64.7. The summed E-state index contributed by atoms with van der Waals surface area (Å²) in [5.41, 5.74) is -3.45. The highest BCUT2D eigenvalue weighted by Crippen LogP contribution is 2.50. The minimum atomic E-state index is -5.40. The lowest BCUT2D eigenvalue weighted by Crippen LogP contribution is -2.14. The summed E-state index contributed by atoms with van der Waals surface area (Å²) in [7, 11) is 0. The summed E-state index contributed by atoms with van der Waals surface area (Å²) in [6, 6.07) is 65.7. The summed E-state index contributed by atoms with van der Waals surface area (Å²) in [4.78, 5) is 0. The van der Waals surface area contributed by atoms with Gasteiger partial charge in [-0.2, -0.15) is 94.7 Å². The Kier molecular flexibility index (Phi) is 15.8. The topological polar surface area (TPSA) is 319 Å². The van der Waals surface area contributed by atoms with Crippen molar-refractivity contribution in [2.75, 3.05) is 0 Å². The van der Waals surface area contributed by atoms with Crippen LogP contribution in [0.3, 0.4) is 0 Å². The SMILES string of the molecule is N#Cc1cc(C#N)c(-c2ccc3c(c2)c2cc(-c4c(C#N)cc(C#N)cc4C#N)ccc2n3-c2ccc(-c3c(C(F)(F)F)cccc3C(F)(F)F)cc2-c2c(C#N)cccc2-n2c3ccc(-c4c(C#N)cc(C#N)cc4C#N)cc3c3cc(-c4c(C#N)cc(C#N)cc4C#N)ccc32)c(C#N)c1. The second-order valence-corrected chi connectivity index (χ2v) is 23.0. The van der Waals surface area contributed by atoms with Crippen LogP contribution < -0.4 is 0 Å². The van der Waals surface area contributed by atoms with E-state index >= 15 is 26.3 Å². The van der Waals surface area contributed by atoms with E-state index < -0.39 is 34.6 Å². The smallest absolute Gasteiger partial charge is 0.309 e. The highest BCUT2D eigenvalue weighted by Gasteiger charge is 2.41. The van der Waals surface area contributed by atoms with Gasteiger partial charge in [-0.15, -0.1) is 0 Å². The number of halogens is 6. The lowest BCUT2D eigenvalue weighted by Gasteiger charge is -2.23. The number of hydrogen-bond acceptors (Lipinski definition) is 13. The van der Waals surface area contributed by atoms with E-state index in [0.717, 1.165) is 12.1 Å². The first-order chi connectivity index (χ1) is 49.2. The molecule has 470 valence electrons. The average molecular weight is 1330 g/mol. The number of hydrogen-bond donors (Lipinski definition) is 0. The normalized spacial score (nSPS) is 10.9. The predicted octanol–water partition coefficient (Wildman–Crippen LogP) is 18.3. The van der Waals surface area contributed by atoms with Gasteiger partial charge in [0.1, 0.15) is 0 Å². The molecule has 0 atom stereocenters. The molecule has 21 heteroatoms. The number of alkyl halides is 6. The Morgan fingerprint density at radius 1 is 0.235 bits per heavy atom. The number of rotatable bonds is 8. The van der Waals surface area contributed by atoms with Gasteiger partial charge in [-0.25, -0.2) is 0 Å². The van der Waals surface area contributed by atoms with Gasteiger partial charge in [-0.3, -0.25) is 0 Å². The molecule has 2 aromatic heterocycles. The molecule has 0 bridgehead atoms. The van der Waals surface area contributed by atoms with E-state index in [-0.39, 0.29) is 161 Å². The Labute approximate surface area is 573 Å². The molecule has 13 rings (SSSR count). The average Bonchev–Trinajstić information content (AvgIpc) is 1.52. The van der Waals surface area contributed by atoms with Crippen LogP contribution in [-0.2, 0) is 12.4 Å². The number of nitriles is 13. The number of fused-ring (bicyclic) bond motifs is 6. The molecule has 0 N–H and O–H groups in total. The number of aromatic nitrogens is 2. The summed E-state index contributed by atoms with van der Waals surface area (Å²) in [5.74, 6) is 0. The second-order valence-electron chi connectivity index (χ2n) is 23.0. The van der Waals surface area contributed by atoms with Gasteiger partial charge in [0, 0.05) is 60.5 Å². The van der Waals surface area contributed by atoms with Gasteiger partial charge in [0.15, 0.2) is 0 Å². The van der Waals surface area contributed by atoms with Crippen LogP contribution in [0, 0.1) is 147 Å². The van der Waals surface area contributed by atoms with Gasteiger partial charge in [0.25, 0.3) is 0 Å². The van der Waals surface area contributed by atoms with E-state index in [2.05, 4.69) is 54.6 Å². The molecule has 0 saturated heterocycles. The molecular formula is C81H29F6N15. The molecule has 13 aromatic rings. The fourth-order valence-corrected chi connectivity index (χ4v) is 13.5. The predicted molar refractivity (Wildman–Crippen MR) is 359 cm³/mol. The lowest BCUT2D eigenvalue weighted by molar-refractivity contribution is -0.142. The molecule has 0 aliphatic carbocycles. The fraction of sp³-hybridized carbons (Fsp3) is 0.0247. The van der Waals surface area contributed by atoms with Crippen molar-refractivity contribution < 1.29 is 26.3 Å². The van der Waals surface area contributed by atoms with Gasteiger partial charge in [-0.1, -0.05) is 42.5 Å². The van der Waals surface area contributed by atoms with Crippen molar-refractivity contribution in [2.45, 2.75) is 12.4 Å². The molecule has 11 aromatic carbocycles. The van der Waals surface area contributed by atoms with Gasteiger partial charge < -0.3 is 9.13 Å². The molecule has 0 saturated carbocycles. The Morgan fingerprint density at radius 3 is 0.775 bits per heavy atom. The minimum absolute atomic E-state index is 0.000222. The largest absolute Gasteiger partial charge is 0.417 e. The Bertz CT molecular complexity index is 6130. The van der Waals surface area contributed by atoms with Crippen LogP contribution in [0.1, 0.15) is 83.5 Å². The summed E-state index contributed by atoms with van der Waals surface area (Å²) in [6.45, 7) is 0. The maximum Gasteiger partial charge on any atom is 0.417 e. The molecule has 102 heavy (non-hydrogen) atoms. The summed E-state index contributed by atoms with van der Waals surface area (Å²) >= 11 is 0. The van der Waals surface area contributed by atoms with Crippen molar-refractivity contribution in [1.82, 2.24) is 9.13 Å². The van der Waals surface area contributed by atoms with Crippen molar-refractivity contribution >= 4 is 43.6 Å². The van der Waals surface area contributed by atoms with E-state index in [4.69, 9.17) is 0 Å². The van der Waals surface area contributed by atoms with E-state index in [1.54, 1.807) is 88.0 Å². The van der Waals surface area contributed by atoms with Crippen molar-refractivity contribution in [1.29, 1.82) is 68.4 Å². The second kappa shape index (κ2) is 24.9. The summed E-state index contributed by atoms with van der Waals surface area (Å²) < 4.78 is 96.4. The Hall–Kier alpha value is -16.0. The first-order valence-electron chi connectivity index (χ1n) is 29.9. The molecule has 0 fully saturated rings. The van der Waals surface area contributed by atoms with Crippen LogP contribution in [0.15, 0.2) is 176 Å². The quantitative estimate of drug-likeness (QED) is 0.128. The van der Waals surface area contributed by atoms with Gasteiger partial charge >= 0.3 is 12.4 Å². The Balaban J connectivity index is 1.20. The van der Waals surface area contributed by atoms with Gasteiger partial charge in [0.2, 0.25) is 0 Å². The number of nitrogens with zero attached hydrogens (tertiary/aromatic N) is 15. The van der Waals surface area contributed by atoms with E-state index in [1.807, 2.05) is 24.3 Å². The van der Waals surface area contributed by atoms with Crippen LogP contribution in [0.2, 0.25) is 0 Å². The maximum absolute atomic E-state index is 15.5. The van der Waals surface area contributed by atoms with Gasteiger partial charge in [0.05, 0.1) is 196 Å². The van der Waals surface area contributed by atoms with Crippen LogP contribution in [0.25, 0.3) is 122 Å². The third kappa shape index (κ3) is 10.5. The molecule has 0 aliphatic rings. The minimum Gasteiger partial charge on any atom is -0.309 e. The van der Waals surface area contributed by atoms with Crippen molar-refractivity contribution in [2.24, 2.45) is 0 Å². The monoisotopic (exact) mass is 1330 g/mol. The zero-order valence-electron chi connectivity index (χ0n) is 51.7. The maximum atomic E-state index is 15.5. The fourth-order valence-electron chi connectivity index (χ4n) is 13.5. The molecular weight excluding hydrogens is 1300 g/mol. The highest BCUT2D eigenvalue weighted by atomic mass is 19.4. The van der Waals surface area contributed by atoms with E-state index in [9.17, 15) is 68.4 Å². The standard InChI is InChI=1S/C81H29F6N15/c82-80(83,84)66-4-2-5-67(81(85,86)87)79(66)51-11-16-72(101-68-12-7-47(74-53(35-93)17-43(30-88)18-54(74)36-94)25-61(68)62-26-48(8-13-69(62)101)75-55(37-95)19-44(31-89)20-56(75)38-96)65(29-51)78-52(34-92)3-1-6-73(78)102-70-14-9-49(76-57(39-97)21-45(32-90)22-58(76)40-98)27-63(70)64-28-50(10-15-71(64)102)77-59(41-99)23-46(33-91)24-60(77)42-100/h1-29H. The first-order valence-corrected chi connectivity index (χ1v) is 29.9. The van der Waals surface area contributed by atoms with E-state index in [0.29, 0.717) is 39.7 Å². The molecule has 0 radical (unpaired) electrons. The molecule has 0 amide bonds. The van der Waals surface area contributed by atoms with Gasteiger partial charge in [-0.05, 0) is 161 Å². The van der Waals surface area contributed by atoms with E-state index in [1.165, 1.54) is 66.7 Å². The zero-order chi connectivity index (χ0) is 72.2. The molecule has 2 heterocycles. The van der Waals surface area contributed by atoms with Crippen LogP contribution in [0.5, 0.6) is 0 Å². The third-order valence-corrected chi connectivity index (χ3v) is 17.6. The number of benzene rings is 11. The molecule has 0 spiro atoms. The molecule has 0 unspecified atom stereocenters. The third-order valence-electron chi connectivity index (χ3n) is 17.6. The zero-order valence-corrected chi connectivity index (χ0v) is 51.7. The van der Waals surface area contributed by atoms with Crippen molar-refractivity contribution in [3.63, 3.8) is 0 Å². The summed E-state index contributed by atoms with van der Waals surface area (Å²) in [6.07, 6.45) is -10.8. The van der Waals surface area contributed by atoms with Crippen LogP contribution >= 0.6 is 0 Å². The highest BCUT2D eigenvalue weighted by molar-refractivity contribution is 6.15. The van der Waals surface area contributed by atoms with Crippen molar-refractivity contribution in [3.05, 3.63) is 259 Å².